The lowest BCUT2D eigenvalue weighted by Crippen LogP contribution is -2.25. The summed E-state index contributed by atoms with van der Waals surface area (Å²) < 4.78 is 12.4. The lowest BCUT2D eigenvalue weighted by molar-refractivity contribution is -0.120. The summed E-state index contributed by atoms with van der Waals surface area (Å²) in [6, 6.07) is 13.4. The van der Waals surface area contributed by atoms with Gasteiger partial charge in [0.15, 0.2) is 11.5 Å². The summed E-state index contributed by atoms with van der Waals surface area (Å²) in [5.41, 5.74) is 2.88. The number of methoxy groups -OCH3 is 2. The highest BCUT2D eigenvalue weighted by atomic mass is 16.5. The Bertz CT molecular complexity index is 876. The van der Waals surface area contributed by atoms with E-state index < -0.39 is 0 Å². The molecular weight excluding hydrogens is 330 g/mol. The maximum absolute atomic E-state index is 12.3. The molecule has 3 rings (SSSR count). The Morgan fingerprint density at radius 3 is 2.65 bits per heavy atom. The van der Waals surface area contributed by atoms with E-state index in [2.05, 4.69) is 10.3 Å². The van der Waals surface area contributed by atoms with Crippen molar-refractivity contribution in [3.8, 4) is 17.2 Å². The molecule has 1 N–H and O–H groups in total. The van der Waals surface area contributed by atoms with Gasteiger partial charge in [-0.1, -0.05) is 24.3 Å². The van der Waals surface area contributed by atoms with Crippen LogP contribution in [0.25, 0.3) is 5.69 Å². The van der Waals surface area contributed by atoms with E-state index in [1.807, 2.05) is 47.2 Å². The number of carbonyl (C=O) groups is 1. The molecule has 134 valence electrons. The summed E-state index contributed by atoms with van der Waals surface area (Å²) in [7, 11) is 3.16. The Hall–Kier alpha value is -3.28. The lowest BCUT2D eigenvalue weighted by atomic mass is 10.1. The fraction of sp³-hybridized carbons (Fsp3) is 0.200. The van der Waals surface area contributed by atoms with Crippen molar-refractivity contribution in [1.82, 2.24) is 14.9 Å². The molecule has 0 aliphatic rings. The number of imidazole rings is 1. The normalized spacial score (nSPS) is 10.4. The van der Waals surface area contributed by atoms with Gasteiger partial charge in [0.1, 0.15) is 0 Å². The van der Waals surface area contributed by atoms with Gasteiger partial charge in [0.05, 0.1) is 32.7 Å². The van der Waals surface area contributed by atoms with E-state index in [1.165, 1.54) is 0 Å². The first-order valence-corrected chi connectivity index (χ1v) is 8.25. The van der Waals surface area contributed by atoms with Crippen LogP contribution in [0.1, 0.15) is 11.1 Å². The zero-order valence-electron chi connectivity index (χ0n) is 14.8. The average Bonchev–Trinajstić information content (AvgIpc) is 3.21. The maximum Gasteiger partial charge on any atom is 0.224 e. The minimum atomic E-state index is -0.0577. The molecule has 0 unspecified atom stereocenters. The van der Waals surface area contributed by atoms with Gasteiger partial charge in [-0.15, -0.1) is 0 Å². The summed E-state index contributed by atoms with van der Waals surface area (Å²) in [4.78, 5) is 16.4. The second kappa shape index (κ2) is 8.20. The molecule has 0 saturated heterocycles. The zero-order chi connectivity index (χ0) is 18.4. The predicted molar refractivity (Wildman–Crippen MR) is 98.7 cm³/mol. The van der Waals surface area contributed by atoms with Gasteiger partial charge >= 0.3 is 0 Å². The van der Waals surface area contributed by atoms with Crippen LogP contribution in [0, 0.1) is 0 Å². The lowest BCUT2D eigenvalue weighted by Gasteiger charge is -2.12. The van der Waals surface area contributed by atoms with Gasteiger partial charge in [-0.2, -0.15) is 0 Å². The van der Waals surface area contributed by atoms with Crippen LogP contribution in [-0.2, 0) is 17.8 Å². The quantitative estimate of drug-likeness (QED) is 0.711. The molecule has 6 nitrogen and oxygen atoms in total. The van der Waals surface area contributed by atoms with Crippen LogP contribution in [0.3, 0.4) is 0 Å². The molecule has 2 aromatic carbocycles. The minimum absolute atomic E-state index is 0.0577. The largest absolute Gasteiger partial charge is 0.493 e. The number of nitrogens with one attached hydrogen (secondary N) is 1. The standard InChI is InChI=1S/C20H21N3O3/c1-25-18-8-7-15(11-19(18)26-2)12-20(24)22-13-16-5-3-4-6-17(16)23-10-9-21-14-23/h3-11,14H,12-13H2,1-2H3,(H,22,24). The fourth-order valence-electron chi connectivity index (χ4n) is 2.75. The molecule has 0 aliphatic carbocycles. The number of hydrogen-bond acceptors (Lipinski definition) is 4. The summed E-state index contributed by atoms with van der Waals surface area (Å²) in [6.45, 7) is 0.445. The van der Waals surface area contributed by atoms with E-state index in [0.29, 0.717) is 18.0 Å². The van der Waals surface area contributed by atoms with Gasteiger partial charge < -0.3 is 19.4 Å². The topological polar surface area (TPSA) is 65.4 Å². The van der Waals surface area contributed by atoms with Crippen LogP contribution in [0.5, 0.6) is 11.5 Å². The van der Waals surface area contributed by atoms with Crippen molar-refractivity contribution in [2.75, 3.05) is 14.2 Å². The first-order chi connectivity index (χ1) is 12.7. The Balaban J connectivity index is 1.65. The molecule has 0 atom stereocenters. The van der Waals surface area contributed by atoms with Crippen LogP contribution in [0.15, 0.2) is 61.2 Å². The van der Waals surface area contributed by atoms with Crippen LogP contribution in [-0.4, -0.2) is 29.7 Å². The van der Waals surface area contributed by atoms with Gasteiger partial charge in [-0.05, 0) is 29.3 Å². The molecular formula is C20H21N3O3. The third kappa shape index (κ3) is 4.03. The second-order valence-electron chi connectivity index (χ2n) is 5.74. The maximum atomic E-state index is 12.3. The van der Waals surface area contributed by atoms with E-state index >= 15 is 0 Å². The van der Waals surface area contributed by atoms with Crippen LogP contribution >= 0.6 is 0 Å². The highest BCUT2D eigenvalue weighted by Gasteiger charge is 2.10. The van der Waals surface area contributed by atoms with E-state index in [9.17, 15) is 4.79 Å². The van der Waals surface area contributed by atoms with Gasteiger partial charge in [0.25, 0.3) is 0 Å². The Labute approximate surface area is 152 Å². The summed E-state index contributed by atoms with van der Waals surface area (Å²) in [5.74, 6) is 1.20. The molecule has 0 saturated carbocycles. The van der Waals surface area contributed by atoms with Crippen molar-refractivity contribution in [3.05, 3.63) is 72.3 Å². The highest BCUT2D eigenvalue weighted by molar-refractivity contribution is 5.78. The number of amides is 1. The van der Waals surface area contributed by atoms with Crippen molar-refractivity contribution in [1.29, 1.82) is 0 Å². The zero-order valence-corrected chi connectivity index (χ0v) is 14.8. The number of rotatable bonds is 7. The molecule has 1 amide bonds. The van der Waals surface area contributed by atoms with E-state index in [1.54, 1.807) is 32.8 Å². The summed E-state index contributed by atoms with van der Waals surface area (Å²) in [6.07, 6.45) is 5.62. The number of benzene rings is 2. The molecule has 0 spiro atoms. The number of nitrogens with zero attached hydrogens (tertiary/aromatic N) is 2. The van der Waals surface area contributed by atoms with Gasteiger partial charge in [0.2, 0.25) is 5.91 Å². The molecule has 6 heteroatoms. The van der Waals surface area contributed by atoms with Gasteiger partial charge in [-0.25, -0.2) is 4.98 Å². The third-order valence-corrected chi connectivity index (χ3v) is 4.06. The molecule has 1 heterocycles. The molecule has 0 fully saturated rings. The van der Waals surface area contributed by atoms with Gasteiger partial charge in [-0.3, -0.25) is 4.79 Å². The monoisotopic (exact) mass is 351 g/mol. The first-order valence-electron chi connectivity index (χ1n) is 8.25. The van der Waals surface area contributed by atoms with E-state index in [0.717, 1.165) is 16.8 Å². The molecule has 0 bridgehead atoms. The van der Waals surface area contributed by atoms with Crippen LogP contribution in [0.4, 0.5) is 0 Å². The smallest absolute Gasteiger partial charge is 0.224 e. The van der Waals surface area contributed by atoms with E-state index in [4.69, 9.17) is 9.47 Å². The Morgan fingerprint density at radius 1 is 1.12 bits per heavy atom. The van der Waals surface area contributed by atoms with Crippen LogP contribution < -0.4 is 14.8 Å². The number of carbonyl (C=O) groups excluding carboxylic acids is 1. The average molecular weight is 351 g/mol. The number of para-hydroxylation sites is 1. The van der Waals surface area contributed by atoms with Crippen LogP contribution in [0.2, 0.25) is 0 Å². The van der Waals surface area contributed by atoms with Crippen molar-refractivity contribution in [2.45, 2.75) is 13.0 Å². The van der Waals surface area contributed by atoms with Crippen molar-refractivity contribution in [3.63, 3.8) is 0 Å². The Morgan fingerprint density at radius 2 is 1.92 bits per heavy atom. The molecule has 1 aromatic heterocycles. The predicted octanol–water partition coefficient (Wildman–Crippen LogP) is 2.75. The number of aromatic nitrogens is 2. The van der Waals surface area contributed by atoms with Crippen molar-refractivity contribution < 1.29 is 14.3 Å². The second-order valence-corrected chi connectivity index (χ2v) is 5.74. The van der Waals surface area contributed by atoms with Crippen molar-refractivity contribution >= 4 is 5.91 Å². The van der Waals surface area contributed by atoms with Gasteiger partial charge in [0, 0.05) is 18.9 Å². The molecule has 0 radical (unpaired) electrons. The minimum Gasteiger partial charge on any atom is -0.493 e. The molecule has 0 aliphatic heterocycles. The third-order valence-electron chi connectivity index (χ3n) is 4.06. The Kier molecular flexibility index (Phi) is 5.53. The number of ether oxygens (including phenoxy) is 2. The first kappa shape index (κ1) is 17.5. The number of hydrogen-bond donors (Lipinski definition) is 1. The highest BCUT2D eigenvalue weighted by Crippen LogP contribution is 2.27. The SMILES string of the molecule is COc1ccc(CC(=O)NCc2ccccc2-n2ccnc2)cc1OC. The summed E-state index contributed by atoms with van der Waals surface area (Å²) >= 11 is 0. The summed E-state index contributed by atoms with van der Waals surface area (Å²) in [5, 5.41) is 2.97. The van der Waals surface area contributed by atoms with Crippen molar-refractivity contribution in [2.24, 2.45) is 0 Å². The molecule has 3 aromatic rings. The van der Waals surface area contributed by atoms with E-state index in [-0.39, 0.29) is 12.3 Å². The fourth-order valence-corrected chi connectivity index (χ4v) is 2.75. The molecule has 26 heavy (non-hydrogen) atoms.